The Labute approximate surface area is 140 Å². The summed E-state index contributed by atoms with van der Waals surface area (Å²) in [5.41, 5.74) is 0.488. The lowest BCUT2D eigenvalue weighted by atomic mass is 10.1. The van der Waals surface area contributed by atoms with Crippen LogP contribution in [0, 0.1) is 5.82 Å². The van der Waals surface area contributed by atoms with Gasteiger partial charge in [-0.2, -0.15) is 0 Å². The maximum Gasteiger partial charge on any atom is 0.187 e. The van der Waals surface area contributed by atoms with Gasteiger partial charge in [0.2, 0.25) is 0 Å². The fourth-order valence-electron chi connectivity index (χ4n) is 3.53. The smallest absolute Gasteiger partial charge is 0.187 e. The lowest BCUT2D eigenvalue weighted by Gasteiger charge is -2.47. The lowest BCUT2D eigenvalue weighted by molar-refractivity contribution is 0.127. The van der Waals surface area contributed by atoms with E-state index in [0.717, 1.165) is 50.8 Å². The van der Waals surface area contributed by atoms with Crippen LogP contribution < -0.4 is 4.90 Å². The number of aryl methyl sites for hydroxylation is 2. The van der Waals surface area contributed by atoms with E-state index < -0.39 is 0 Å². The molecule has 4 heterocycles. The molecule has 0 aliphatic carbocycles. The first kappa shape index (κ1) is 15.4. The minimum atomic E-state index is -0.274. The summed E-state index contributed by atoms with van der Waals surface area (Å²) < 4.78 is 16.6. The molecule has 2 aliphatic rings. The van der Waals surface area contributed by atoms with Crippen molar-refractivity contribution in [2.75, 3.05) is 24.5 Å². The van der Waals surface area contributed by atoms with Crippen LogP contribution in [0.4, 0.5) is 10.2 Å². The van der Waals surface area contributed by atoms with Crippen LogP contribution in [0.2, 0.25) is 0 Å². The van der Waals surface area contributed by atoms with Gasteiger partial charge in [0.1, 0.15) is 18.0 Å². The molecule has 0 amide bonds. The Morgan fingerprint density at radius 3 is 2.71 bits per heavy atom. The fourth-order valence-corrected chi connectivity index (χ4v) is 3.53. The maximum absolute atomic E-state index is 14.4. The Balaban J connectivity index is 1.42. The van der Waals surface area contributed by atoms with E-state index in [1.165, 1.54) is 6.33 Å². The molecule has 1 saturated heterocycles. The number of aromatic nitrogens is 5. The van der Waals surface area contributed by atoms with Crippen LogP contribution in [0.5, 0.6) is 0 Å². The Kier molecular flexibility index (Phi) is 3.91. The number of hydrogen-bond donors (Lipinski definition) is 0. The minimum absolute atomic E-state index is 0.274. The molecule has 8 heteroatoms. The number of nitrogens with zero attached hydrogens (tertiary/aromatic N) is 7. The van der Waals surface area contributed by atoms with E-state index >= 15 is 0 Å². The van der Waals surface area contributed by atoms with Crippen LogP contribution >= 0.6 is 0 Å². The predicted octanol–water partition coefficient (Wildman–Crippen LogP) is 1.04. The highest BCUT2D eigenvalue weighted by atomic mass is 19.1. The van der Waals surface area contributed by atoms with Gasteiger partial charge in [0.05, 0.1) is 12.2 Å². The first-order chi connectivity index (χ1) is 11.7. The zero-order chi connectivity index (χ0) is 16.7. The standard InChI is InChI=1S/C16H22FN7/c1-3-12-15(17)16(19-10-18-12)23-7-11(8-23)22-5-6-24-13(4-2)20-21-14(24)9-22/h10-11H,3-9H2,1-2H3. The second kappa shape index (κ2) is 6.08. The molecule has 2 aromatic heterocycles. The van der Waals surface area contributed by atoms with E-state index in [1.807, 2.05) is 11.8 Å². The molecule has 0 atom stereocenters. The van der Waals surface area contributed by atoms with Crippen LogP contribution in [0.15, 0.2) is 6.33 Å². The van der Waals surface area contributed by atoms with Gasteiger partial charge in [-0.05, 0) is 6.42 Å². The van der Waals surface area contributed by atoms with Crippen molar-refractivity contribution < 1.29 is 4.39 Å². The summed E-state index contributed by atoms with van der Waals surface area (Å²) in [4.78, 5) is 12.5. The van der Waals surface area contributed by atoms with Crippen molar-refractivity contribution in [3.05, 3.63) is 29.5 Å². The molecule has 4 rings (SSSR count). The fraction of sp³-hybridized carbons (Fsp3) is 0.625. The first-order valence-corrected chi connectivity index (χ1v) is 8.60. The highest BCUT2D eigenvalue weighted by Gasteiger charge is 2.36. The third-order valence-corrected chi connectivity index (χ3v) is 5.03. The van der Waals surface area contributed by atoms with Gasteiger partial charge >= 0.3 is 0 Å². The molecule has 0 aromatic carbocycles. The van der Waals surface area contributed by atoms with E-state index in [-0.39, 0.29) is 5.82 Å². The van der Waals surface area contributed by atoms with Crippen molar-refractivity contribution in [2.24, 2.45) is 0 Å². The SMILES string of the molecule is CCc1ncnc(N2CC(N3CCn4c(CC)nnc4C3)C2)c1F. The molecular weight excluding hydrogens is 309 g/mol. The van der Waals surface area contributed by atoms with Crippen molar-refractivity contribution in [3.8, 4) is 0 Å². The van der Waals surface area contributed by atoms with Gasteiger partial charge in [0.25, 0.3) is 0 Å². The van der Waals surface area contributed by atoms with E-state index in [4.69, 9.17) is 0 Å². The summed E-state index contributed by atoms with van der Waals surface area (Å²) in [6, 6.07) is 0.417. The minimum Gasteiger partial charge on any atom is -0.351 e. The number of rotatable bonds is 4. The van der Waals surface area contributed by atoms with Crippen molar-refractivity contribution >= 4 is 5.82 Å². The normalized spacial score (nSPS) is 18.5. The van der Waals surface area contributed by atoms with Gasteiger partial charge in [-0.25, -0.2) is 14.4 Å². The summed E-state index contributed by atoms with van der Waals surface area (Å²) in [7, 11) is 0. The van der Waals surface area contributed by atoms with Crippen LogP contribution in [-0.2, 0) is 25.9 Å². The summed E-state index contributed by atoms with van der Waals surface area (Å²) >= 11 is 0. The molecule has 0 spiro atoms. The molecule has 2 aromatic rings. The van der Waals surface area contributed by atoms with Crippen molar-refractivity contribution in [2.45, 2.75) is 45.8 Å². The molecule has 0 saturated carbocycles. The molecule has 1 fully saturated rings. The van der Waals surface area contributed by atoms with Gasteiger partial charge in [0, 0.05) is 38.6 Å². The van der Waals surface area contributed by atoms with Crippen molar-refractivity contribution in [1.29, 1.82) is 0 Å². The van der Waals surface area contributed by atoms with Gasteiger partial charge in [0.15, 0.2) is 11.6 Å². The summed E-state index contributed by atoms with van der Waals surface area (Å²) in [5, 5.41) is 8.57. The van der Waals surface area contributed by atoms with E-state index in [2.05, 4.69) is 36.6 Å². The molecule has 0 unspecified atom stereocenters. The molecule has 0 radical (unpaired) electrons. The summed E-state index contributed by atoms with van der Waals surface area (Å²) in [5.74, 6) is 2.27. The molecule has 128 valence electrons. The maximum atomic E-state index is 14.4. The zero-order valence-corrected chi connectivity index (χ0v) is 14.1. The number of fused-ring (bicyclic) bond motifs is 1. The van der Waals surface area contributed by atoms with Crippen LogP contribution in [0.25, 0.3) is 0 Å². The number of hydrogen-bond acceptors (Lipinski definition) is 6. The Bertz CT molecular complexity index is 738. The monoisotopic (exact) mass is 331 g/mol. The predicted molar refractivity (Wildman–Crippen MR) is 87.2 cm³/mol. The van der Waals surface area contributed by atoms with Crippen LogP contribution in [-0.4, -0.2) is 55.3 Å². The highest BCUT2D eigenvalue weighted by molar-refractivity contribution is 5.44. The zero-order valence-electron chi connectivity index (χ0n) is 14.1. The average Bonchev–Trinajstić information content (AvgIpc) is 2.97. The highest BCUT2D eigenvalue weighted by Crippen LogP contribution is 2.27. The molecule has 0 N–H and O–H groups in total. The quantitative estimate of drug-likeness (QED) is 0.834. The Morgan fingerprint density at radius 1 is 1.12 bits per heavy atom. The molecule has 0 bridgehead atoms. The van der Waals surface area contributed by atoms with Crippen molar-refractivity contribution in [3.63, 3.8) is 0 Å². The van der Waals surface area contributed by atoms with Crippen molar-refractivity contribution in [1.82, 2.24) is 29.6 Å². The van der Waals surface area contributed by atoms with E-state index in [1.54, 1.807) is 0 Å². The molecular formula is C16H22FN7. The number of halogens is 1. The second-order valence-corrected chi connectivity index (χ2v) is 6.38. The largest absolute Gasteiger partial charge is 0.351 e. The molecule has 7 nitrogen and oxygen atoms in total. The van der Waals surface area contributed by atoms with E-state index in [9.17, 15) is 4.39 Å². The van der Waals surface area contributed by atoms with Gasteiger partial charge in [-0.3, -0.25) is 4.90 Å². The first-order valence-electron chi connectivity index (χ1n) is 8.60. The van der Waals surface area contributed by atoms with E-state index in [0.29, 0.717) is 24.0 Å². The molecule has 24 heavy (non-hydrogen) atoms. The number of anilines is 1. The average molecular weight is 331 g/mol. The third kappa shape index (κ3) is 2.45. The molecule has 2 aliphatic heterocycles. The van der Waals surface area contributed by atoms with Crippen LogP contribution in [0.1, 0.15) is 31.2 Å². The Hall–Kier alpha value is -2.09. The topological polar surface area (TPSA) is 63.0 Å². The van der Waals surface area contributed by atoms with Gasteiger partial charge in [-0.15, -0.1) is 10.2 Å². The van der Waals surface area contributed by atoms with Gasteiger partial charge in [-0.1, -0.05) is 13.8 Å². The summed E-state index contributed by atoms with van der Waals surface area (Å²) in [6.45, 7) is 8.35. The summed E-state index contributed by atoms with van der Waals surface area (Å²) in [6.07, 6.45) is 2.96. The Morgan fingerprint density at radius 2 is 1.96 bits per heavy atom. The van der Waals surface area contributed by atoms with Gasteiger partial charge < -0.3 is 9.47 Å². The lowest BCUT2D eigenvalue weighted by Crippen LogP contribution is -2.61. The van der Waals surface area contributed by atoms with Crippen LogP contribution in [0.3, 0.4) is 0 Å². The second-order valence-electron chi connectivity index (χ2n) is 6.38. The third-order valence-electron chi connectivity index (χ3n) is 5.03.